The molecule has 0 saturated heterocycles. The van der Waals surface area contributed by atoms with E-state index >= 15 is 0 Å². The first kappa shape index (κ1) is 20.3. The van der Waals surface area contributed by atoms with Gasteiger partial charge < -0.3 is 14.8 Å². The molecule has 0 aromatic heterocycles. The Hall–Kier alpha value is -2.01. The van der Waals surface area contributed by atoms with Crippen LogP contribution in [-0.4, -0.2) is 18.6 Å². The molecule has 1 unspecified atom stereocenters. The molecule has 0 saturated carbocycles. The van der Waals surface area contributed by atoms with E-state index in [2.05, 4.69) is 35.1 Å². The van der Waals surface area contributed by atoms with Crippen LogP contribution < -0.4 is 14.8 Å². The van der Waals surface area contributed by atoms with Gasteiger partial charge in [0.1, 0.15) is 11.5 Å². The van der Waals surface area contributed by atoms with Crippen LogP contribution in [0.15, 0.2) is 46.9 Å². The Morgan fingerprint density at radius 1 is 1.15 bits per heavy atom. The van der Waals surface area contributed by atoms with Crippen LogP contribution in [0.3, 0.4) is 0 Å². The minimum atomic E-state index is -0.165. The number of hydrogen-bond donors (Lipinski definition) is 1. The zero-order valence-corrected chi connectivity index (χ0v) is 17.1. The number of nitrogens with one attached hydrogen (secondary N) is 1. The fourth-order valence-corrected chi connectivity index (χ4v) is 2.71. The van der Waals surface area contributed by atoms with Gasteiger partial charge >= 0.3 is 0 Å². The first-order chi connectivity index (χ1) is 12.5. The van der Waals surface area contributed by atoms with E-state index in [1.54, 1.807) is 12.1 Å². The van der Waals surface area contributed by atoms with Crippen LogP contribution in [0.1, 0.15) is 50.4 Å². The van der Waals surface area contributed by atoms with Gasteiger partial charge in [-0.15, -0.1) is 0 Å². The molecule has 0 fully saturated rings. The molecule has 140 valence electrons. The molecular formula is C21H26BrNO3. The van der Waals surface area contributed by atoms with E-state index in [1.165, 1.54) is 0 Å². The van der Waals surface area contributed by atoms with Gasteiger partial charge in [-0.1, -0.05) is 20.3 Å². The van der Waals surface area contributed by atoms with Crippen molar-refractivity contribution in [3.05, 3.63) is 52.5 Å². The lowest BCUT2D eigenvalue weighted by Crippen LogP contribution is -2.12. The van der Waals surface area contributed by atoms with Crippen molar-refractivity contribution in [2.75, 3.05) is 11.9 Å². The monoisotopic (exact) mass is 419 g/mol. The lowest BCUT2D eigenvalue weighted by molar-refractivity contribution is 0.102. The van der Waals surface area contributed by atoms with Crippen LogP contribution >= 0.6 is 15.9 Å². The van der Waals surface area contributed by atoms with E-state index in [1.807, 2.05) is 37.3 Å². The molecule has 0 radical (unpaired) electrons. The second-order valence-electron chi connectivity index (χ2n) is 6.16. The Labute approximate surface area is 164 Å². The highest BCUT2D eigenvalue weighted by Gasteiger charge is 2.10. The number of carbonyl (C=O) groups excluding carboxylic acids is 1. The van der Waals surface area contributed by atoms with Crippen LogP contribution in [0.4, 0.5) is 5.69 Å². The molecule has 2 rings (SSSR count). The van der Waals surface area contributed by atoms with Crippen molar-refractivity contribution >= 4 is 27.5 Å². The Morgan fingerprint density at radius 2 is 1.88 bits per heavy atom. The molecule has 0 aliphatic rings. The normalized spacial score (nSPS) is 11.7. The molecule has 1 amide bonds. The largest absolute Gasteiger partial charge is 0.492 e. The minimum absolute atomic E-state index is 0.165. The maximum Gasteiger partial charge on any atom is 0.255 e. The van der Waals surface area contributed by atoms with Crippen molar-refractivity contribution in [3.63, 3.8) is 0 Å². The number of anilines is 1. The van der Waals surface area contributed by atoms with E-state index in [0.717, 1.165) is 40.9 Å². The lowest BCUT2D eigenvalue weighted by Gasteiger charge is -2.13. The molecule has 1 N–H and O–H groups in total. The molecule has 5 heteroatoms. The van der Waals surface area contributed by atoms with E-state index in [0.29, 0.717) is 12.2 Å². The number of benzene rings is 2. The highest BCUT2D eigenvalue weighted by Crippen LogP contribution is 2.27. The average molecular weight is 420 g/mol. The molecule has 2 aromatic carbocycles. The van der Waals surface area contributed by atoms with E-state index in [4.69, 9.17) is 9.47 Å². The topological polar surface area (TPSA) is 47.6 Å². The zero-order valence-electron chi connectivity index (χ0n) is 15.5. The summed E-state index contributed by atoms with van der Waals surface area (Å²) in [6, 6.07) is 12.8. The molecule has 0 heterocycles. The van der Waals surface area contributed by atoms with Crippen LogP contribution in [0.25, 0.3) is 0 Å². The summed E-state index contributed by atoms with van der Waals surface area (Å²) < 4.78 is 12.2. The molecule has 26 heavy (non-hydrogen) atoms. The van der Waals surface area contributed by atoms with Crippen molar-refractivity contribution in [1.29, 1.82) is 0 Å². The number of amides is 1. The van der Waals surface area contributed by atoms with Gasteiger partial charge in [0.25, 0.3) is 5.91 Å². The minimum Gasteiger partial charge on any atom is -0.492 e. The Bertz CT molecular complexity index is 716. The summed E-state index contributed by atoms with van der Waals surface area (Å²) in [6.45, 7) is 6.90. The Balaban J connectivity index is 1.97. The highest BCUT2D eigenvalue weighted by molar-refractivity contribution is 9.10. The number of unbranched alkanes of at least 4 members (excludes halogenated alkanes) is 1. The standard InChI is InChI=1S/C21H26BrNO3/c1-4-6-13-25-20-12-7-16(14-19(20)22)21(24)23-17-8-10-18(11-9-17)26-15(3)5-2/h7-12,14-15H,4-6,13H2,1-3H3,(H,23,24). The molecule has 0 aliphatic carbocycles. The van der Waals surface area contributed by atoms with Crippen LogP contribution in [0.2, 0.25) is 0 Å². The zero-order chi connectivity index (χ0) is 18.9. The maximum atomic E-state index is 12.4. The number of halogens is 1. The van der Waals surface area contributed by atoms with Gasteiger partial charge in [-0.2, -0.15) is 0 Å². The highest BCUT2D eigenvalue weighted by atomic mass is 79.9. The predicted octanol–water partition coefficient (Wildman–Crippen LogP) is 6.06. The van der Waals surface area contributed by atoms with Gasteiger partial charge in [0.15, 0.2) is 0 Å². The predicted molar refractivity (Wildman–Crippen MR) is 109 cm³/mol. The summed E-state index contributed by atoms with van der Waals surface area (Å²) in [7, 11) is 0. The van der Waals surface area contributed by atoms with Gasteiger partial charge in [0.2, 0.25) is 0 Å². The van der Waals surface area contributed by atoms with E-state index in [-0.39, 0.29) is 12.0 Å². The van der Waals surface area contributed by atoms with Crippen LogP contribution in [0.5, 0.6) is 11.5 Å². The van der Waals surface area contributed by atoms with Gasteiger partial charge in [-0.05, 0) is 78.2 Å². The van der Waals surface area contributed by atoms with Gasteiger partial charge in [-0.3, -0.25) is 4.79 Å². The third-order valence-electron chi connectivity index (χ3n) is 3.97. The fraction of sp³-hybridized carbons (Fsp3) is 0.381. The molecule has 1 atom stereocenters. The Morgan fingerprint density at radius 3 is 2.50 bits per heavy atom. The quantitative estimate of drug-likeness (QED) is 0.502. The van der Waals surface area contributed by atoms with Gasteiger partial charge in [0, 0.05) is 11.3 Å². The molecule has 4 nitrogen and oxygen atoms in total. The SMILES string of the molecule is CCCCOc1ccc(C(=O)Nc2ccc(OC(C)CC)cc2)cc1Br. The van der Waals surface area contributed by atoms with E-state index < -0.39 is 0 Å². The van der Waals surface area contributed by atoms with Crippen molar-refractivity contribution in [3.8, 4) is 11.5 Å². The second kappa shape index (κ2) is 10.2. The Kier molecular flexibility index (Phi) is 7.98. The fourth-order valence-electron chi connectivity index (χ4n) is 2.22. The number of hydrogen-bond acceptors (Lipinski definition) is 3. The molecule has 0 bridgehead atoms. The number of carbonyl (C=O) groups is 1. The molecular weight excluding hydrogens is 394 g/mol. The van der Waals surface area contributed by atoms with Gasteiger partial charge in [0.05, 0.1) is 17.2 Å². The molecule has 2 aromatic rings. The lowest BCUT2D eigenvalue weighted by atomic mass is 10.2. The number of rotatable bonds is 9. The molecule has 0 spiro atoms. The first-order valence-corrected chi connectivity index (χ1v) is 9.83. The first-order valence-electron chi connectivity index (χ1n) is 9.03. The van der Waals surface area contributed by atoms with Crippen LogP contribution in [-0.2, 0) is 0 Å². The van der Waals surface area contributed by atoms with Crippen molar-refractivity contribution in [2.45, 2.75) is 46.1 Å². The third-order valence-corrected chi connectivity index (χ3v) is 4.59. The maximum absolute atomic E-state index is 12.4. The summed E-state index contributed by atoms with van der Waals surface area (Å²) >= 11 is 3.47. The third kappa shape index (κ3) is 6.06. The average Bonchev–Trinajstić information content (AvgIpc) is 2.64. The van der Waals surface area contributed by atoms with Crippen molar-refractivity contribution in [2.24, 2.45) is 0 Å². The smallest absolute Gasteiger partial charge is 0.255 e. The number of ether oxygens (including phenoxy) is 2. The summed E-state index contributed by atoms with van der Waals surface area (Å²) in [5.74, 6) is 1.39. The molecule has 0 aliphatic heterocycles. The summed E-state index contributed by atoms with van der Waals surface area (Å²) in [5, 5.41) is 2.90. The van der Waals surface area contributed by atoms with Crippen LogP contribution in [0, 0.1) is 0 Å². The van der Waals surface area contributed by atoms with Crippen molar-refractivity contribution in [1.82, 2.24) is 0 Å². The van der Waals surface area contributed by atoms with Crippen molar-refractivity contribution < 1.29 is 14.3 Å². The van der Waals surface area contributed by atoms with Gasteiger partial charge in [-0.25, -0.2) is 0 Å². The van der Waals surface area contributed by atoms with E-state index in [9.17, 15) is 4.79 Å². The summed E-state index contributed by atoms with van der Waals surface area (Å²) in [4.78, 5) is 12.4. The summed E-state index contributed by atoms with van der Waals surface area (Å²) in [5.41, 5.74) is 1.30. The summed E-state index contributed by atoms with van der Waals surface area (Å²) in [6.07, 6.45) is 3.21. The second-order valence-corrected chi connectivity index (χ2v) is 7.02.